The van der Waals surface area contributed by atoms with Crippen molar-refractivity contribution in [3.63, 3.8) is 0 Å². The molecule has 116 valence electrons. The van der Waals surface area contributed by atoms with Crippen LogP contribution in [0.1, 0.15) is 33.1 Å². The van der Waals surface area contributed by atoms with Crippen LogP contribution in [0.5, 0.6) is 0 Å². The highest BCUT2D eigenvalue weighted by Gasteiger charge is 2.24. The Labute approximate surface area is 120 Å². The molecule has 2 amide bonds. The highest BCUT2D eigenvalue weighted by molar-refractivity contribution is 5.82. The van der Waals surface area contributed by atoms with Crippen LogP contribution in [0, 0.1) is 11.8 Å². The van der Waals surface area contributed by atoms with Gasteiger partial charge in [0.25, 0.3) is 0 Å². The van der Waals surface area contributed by atoms with Gasteiger partial charge in [-0.15, -0.1) is 0 Å². The molecule has 1 aliphatic rings. The lowest BCUT2D eigenvalue weighted by Crippen LogP contribution is -2.48. The molecule has 20 heavy (non-hydrogen) atoms. The molecule has 0 spiro atoms. The van der Waals surface area contributed by atoms with Gasteiger partial charge < -0.3 is 20.1 Å². The van der Waals surface area contributed by atoms with Crippen LogP contribution in [0.15, 0.2) is 0 Å². The molecule has 0 saturated carbocycles. The number of nitrogens with zero attached hydrogens (tertiary/aromatic N) is 1. The van der Waals surface area contributed by atoms with E-state index >= 15 is 0 Å². The molecule has 6 nitrogen and oxygen atoms in total. The largest absolute Gasteiger partial charge is 0.480 e. The van der Waals surface area contributed by atoms with Crippen LogP contribution in [-0.4, -0.2) is 54.9 Å². The van der Waals surface area contributed by atoms with E-state index in [1.54, 1.807) is 11.9 Å². The first-order valence-electron chi connectivity index (χ1n) is 7.22. The molecule has 6 heteroatoms. The van der Waals surface area contributed by atoms with Crippen molar-refractivity contribution in [3.05, 3.63) is 0 Å². The maximum absolute atomic E-state index is 12.0. The zero-order valence-electron chi connectivity index (χ0n) is 12.6. The molecule has 0 aliphatic carbocycles. The molecule has 0 aromatic rings. The monoisotopic (exact) mass is 286 g/mol. The van der Waals surface area contributed by atoms with Crippen molar-refractivity contribution in [3.8, 4) is 0 Å². The quantitative estimate of drug-likeness (QED) is 0.776. The Morgan fingerprint density at radius 2 is 2.15 bits per heavy atom. The van der Waals surface area contributed by atoms with Gasteiger partial charge in [0.05, 0.1) is 6.61 Å². The summed E-state index contributed by atoms with van der Waals surface area (Å²) in [6.07, 6.45) is 2.50. The number of carbonyl (C=O) groups excluding carboxylic acids is 1. The number of amides is 2. The van der Waals surface area contributed by atoms with Crippen LogP contribution in [0.4, 0.5) is 4.79 Å². The number of carboxylic acid groups (broad SMARTS) is 1. The molecule has 0 aromatic carbocycles. The fourth-order valence-corrected chi connectivity index (χ4v) is 2.37. The maximum atomic E-state index is 12.0. The van der Waals surface area contributed by atoms with Crippen molar-refractivity contribution in [1.82, 2.24) is 10.2 Å². The molecule has 1 aliphatic heterocycles. The van der Waals surface area contributed by atoms with Gasteiger partial charge in [0.1, 0.15) is 6.04 Å². The average molecular weight is 286 g/mol. The average Bonchev–Trinajstić information content (AvgIpc) is 2.38. The number of hydrogen-bond acceptors (Lipinski definition) is 3. The predicted octanol–water partition coefficient (Wildman–Crippen LogP) is 1.55. The molecule has 1 unspecified atom stereocenters. The third-order valence-corrected chi connectivity index (χ3v) is 3.44. The molecule has 0 aromatic heterocycles. The standard InChI is InChI=1S/C14H26N2O4/c1-10(2)7-12(13(17)18)15-14(19)16(3)8-11-5-4-6-20-9-11/h10-12H,4-9H2,1-3H3,(H,15,19)(H,17,18)/t11?,12-/m0/s1. The van der Waals surface area contributed by atoms with Gasteiger partial charge in [-0.25, -0.2) is 9.59 Å². The zero-order chi connectivity index (χ0) is 15.1. The van der Waals surface area contributed by atoms with E-state index in [1.165, 1.54) is 0 Å². The second-order valence-corrected chi connectivity index (χ2v) is 5.93. The number of carboxylic acids is 1. The van der Waals surface area contributed by atoms with E-state index in [-0.39, 0.29) is 11.9 Å². The van der Waals surface area contributed by atoms with E-state index in [0.717, 1.165) is 19.4 Å². The van der Waals surface area contributed by atoms with E-state index in [0.29, 0.717) is 25.5 Å². The Hall–Kier alpha value is -1.30. The molecule has 1 heterocycles. The van der Waals surface area contributed by atoms with E-state index < -0.39 is 12.0 Å². The fourth-order valence-electron chi connectivity index (χ4n) is 2.37. The summed E-state index contributed by atoms with van der Waals surface area (Å²) < 4.78 is 5.38. The van der Waals surface area contributed by atoms with Gasteiger partial charge in [-0.2, -0.15) is 0 Å². The normalized spacial score (nSPS) is 20.5. The number of ether oxygens (including phenoxy) is 1. The van der Waals surface area contributed by atoms with Crippen molar-refractivity contribution >= 4 is 12.0 Å². The van der Waals surface area contributed by atoms with Crippen LogP contribution in [0.2, 0.25) is 0 Å². The van der Waals surface area contributed by atoms with Crippen LogP contribution < -0.4 is 5.32 Å². The van der Waals surface area contributed by atoms with E-state index in [2.05, 4.69) is 5.32 Å². The number of nitrogens with one attached hydrogen (secondary N) is 1. The molecule has 2 atom stereocenters. The second kappa shape index (κ2) is 8.09. The van der Waals surface area contributed by atoms with Crippen molar-refractivity contribution in [2.75, 3.05) is 26.8 Å². The minimum atomic E-state index is -0.985. The topological polar surface area (TPSA) is 78.9 Å². The lowest BCUT2D eigenvalue weighted by atomic mass is 10.0. The van der Waals surface area contributed by atoms with Gasteiger partial charge in [-0.05, 0) is 25.2 Å². The fraction of sp³-hybridized carbons (Fsp3) is 0.857. The summed E-state index contributed by atoms with van der Waals surface area (Å²) in [4.78, 5) is 24.7. The van der Waals surface area contributed by atoms with Gasteiger partial charge in [-0.1, -0.05) is 13.8 Å². The molecule has 1 fully saturated rings. The summed E-state index contributed by atoms with van der Waals surface area (Å²) in [5, 5.41) is 11.7. The molecule has 0 bridgehead atoms. The Morgan fingerprint density at radius 1 is 1.45 bits per heavy atom. The molecular weight excluding hydrogens is 260 g/mol. The first-order chi connectivity index (χ1) is 9.40. The van der Waals surface area contributed by atoms with Crippen LogP contribution in [0.25, 0.3) is 0 Å². The number of rotatable bonds is 6. The first-order valence-corrected chi connectivity index (χ1v) is 7.22. The highest BCUT2D eigenvalue weighted by Crippen LogP contribution is 2.14. The maximum Gasteiger partial charge on any atom is 0.326 e. The van der Waals surface area contributed by atoms with E-state index in [9.17, 15) is 9.59 Å². The molecule has 2 N–H and O–H groups in total. The van der Waals surface area contributed by atoms with Crippen LogP contribution in [0.3, 0.4) is 0 Å². The summed E-state index contributed by atoms with van der Waals surface area (Å²) in [6, 6.07) is -1.16. The molecule has 1 saturated heterocycles. The zero-order valence-corrected chi connectivity index (χ0v) is 12.6. The van der Waals surface area contributed by atoms with Crippen LogP contribution >= 0.6 is 0 Å². The summed E-state index contributed by atoms with van der Waals surface area (Å²) in [6.45, 7) is 5.93. The number of urea groups is 1. The lowest BCUT2D eigenvalue weighted by molar-refractivity contribution is -0.139. The number of carbonyl (C=O) groups is 2. The van der Waals surface area contributed by atoms with Gasteiger partial charge in [0, 0.05) is 26.1 Å². The van der Waals surface area contributed by atoms with Gasteiger partial charge in [0.2, 0.25) is 0 Å². The van der Waals surface area contributed by atoms with E-state index in [1.807, 2.05) is 13.8 Å². The second-order valence-electron chi connectivity index (χ2n) is 5.93. The lowest BCUT2D eigenvalue weighted by Gasteiger charge is -2.28. The molecule has 0 radical (unpaired) electrons. The highest BCUT2D eigenvalue weighted by atomic mass is 16.5. The van der Waals surface area contributed by atoms with Crippen molar-refractivity contribution < 1.29 is 19.4 Å². The third kappa shape index (κ3) is 5.77. The minimum Gasteiger partial charge on any atom is -0.480 e. The summed E-state index contributed by atoms with van der Waals surface area (Å²) in [7, 11) is 1.69. The summed E-state index contributed by atoms with van der Waals surface area (Å²) >= 11 is 0. The SMILES string of the molecule is CC(C)C[C@H](NC(=O)N(C)CC1CCCOC1)C(=O)O. The number of aliphatic carboxylic acids is 1. The Balaban J connectivity index is 2.43. The Morgan fingerprint density at radius 3 is 2.65 bits per heavy atom. The Bertz CT molecular complexity index is 327. The van der Waals surface area contributed by atoms with Crippen molar-refractivity contribution in [2.24, 2.45) is 11.8 Å². The first kappa shape index (κ1) is 16.8. The Kier molecular flexibility index (Phi) is 6.78. The molecular formula is C14H26N2O4. The molecule has 1 rings (SSSR count). The number of hydrogen-bond donors (Lipinski definition) is 2. The van der Waals surface area contributed by atoms with Gasteiger partial charge in [0.15, 0.2) is 0 Å². The third-order valence-electron chi connectivity index (χ3n) is 3.44. The summed E-state index contributed by atoms with van der Waals surface area (Å²) in [5.74, 6) is -0.428. The van der Waals surface area contributed by atoms with Crippen molar-refractivity contribution in [1.29, 1.82) is 0 Å². The van der Waals surface area contributed by atoms with Gasteiger partial charge >= 0.3 is 12.0 Å². The summed E-state index contributed by atoms with van der Waals surface area (Å²) in [5.41, 5.74) is 0. The van der Waals surface area contributed by atoms with Crippen molar-refractivity contribution in [2.45, 2.75) is 39.2 Å². The van der Waals surface area contributed by atoms with Gasteiger partial charge in [-0.3, -0.25) is 0 Å². The smallest absolute Gasteiger partial charge is 0.326 e. The van der Waals surface area contributed by atoms with Crippen LogP contribution in [-0.2, 0) is 9.53 Å². The minimum absolute atomic E-state index is 0.216. The van der Waals surface area contributed by atoms with E-state index in [4.69, 9.17) is 9.84 Å². The predicted molar refractivity (Wildman–Crippen MR) is 75.6 cm³/mol.